The molecule has 1 atom stereocenters. The third kappa shape index (κ3) is 7.26. The molecule has 44 heavy (non-hydrogen) atoms. The number of nitrogens with zero attached hydrogens (tertiary/aromatic N) is 5. The zero-order valence-corrected chi connectivity index (χ0v) is 25.6. The van der Waals surface area contributed by atoms with Crippen LogP contribution in [0.5, 0.6) is 5.75 Å². The second kappa shape index (κ2) is 13.2. The first-order valence-corrected chi connectivity index (χ1v) is 15.0. The number of hydrogen-bond donors (Lipinski definition) is 2. The Morgan fingerprint density at radius 2 is 1.86 bits per heavy atom. The molecule has 5 rings (SSSR count). The summed E-state index contributed by atoms with van der Waals surface area (Å²) in [6.45, 7) is 5.99. The number of carbonyl (C=O) groups excluding carboxylic acids is 1. The molecule has 0 bridgehead atoms. The lowest BCUT2D eigenvalue weighted by atomic mass is 10.0. The highest BCUT2D eigenvalue weighted by molar-refractivity contribution is 8.15. The van der Waals surface area contributed by atoms with Gasteiger partial charge in [0.2, 0.25) is 11.0 Å². The van der Waals surface area contributed by atoms with Crippen LogP contribution in [0.2, 0.25) is 0 Å². The molecular formula is C30H28F3N7O2S2. The third-order valence-corrected chi connectivity index (χ3v) is 7.90. The summed E-state index contributed by atoms with van der Waals surface area (Å²) in [5.74, 6) is 0.404. The molecule has 0 aliphatic carbocycles. The van der Waals surface area contributed by atoms with Gasteiger partial charge in [-0.1, -0.05) is 61.2 Å². The van der Waals surface area contributed by atoms with Gasteiger partial charge < -0.3 is 4.74 Å². The van der Waals surface area contributed by atoms with Crippen LogP contribution in [0.25, 0.3) is 17.1 Å². The van der Waals surface area contributed by atoms with Crippen LogP contribution in [0.3, 0.4) is 0 Å². The Kier molecular flexibility index (Phi) is 9.32. The average Bonchev–Trinajstić information content (AvgIpc) is 3.62. The molecule has 1 aliphatic rings. The number of amides is 1. The van der Waals surface area contributed by atoms with Crippen molar-refractivity contribution in [2.24, 2.45) is 4.99 Å². The van der Waals surface area contributed by atoms with Crippen molar-refractivity contribution in [3.63, 3.8) is 0 Å². The molecule has 1 aromatic heterocycles. The molecule has 2 heterocycles. The largest absolute Gasteiger partial charge is 0.573 e. The monoisotopic (exact) mass is 639 g/mol. The molecular weight excluding hydrogens is 612 g/mol. The van der Waals surface area contributed by atoms with E-state index >= 15 is 0 Å². The van der Waals surface area contributed by atoms with E-state index in [1.165, 1.54) is 47.0 Å². The smallest absolute Gasteiger partial charge is 0.406 e. The molecule has 1 amide bonds. The lowest BCUT2D eigenvalue weighted by Crippen LogP contribution is -2.39. The first-order valence-electron chi connectivity index (χ1n) is 13.6. The van der Waals surface area contributed by atoms with Crippen LogP contribution in [0.1, 0.15) is 36.6 Å². The molecule has 1 aliphatic heterocycles. The number of nitrogens with one attached hydrogen (secondary N) is 2. The number of hydrogen-bond acceptors (Lipinski definition) is 7. The average molecular weight is 640 g/mol. The van der Waals surface area contributed by atoms with Crippen molar-refractivity contribution in [3.8, 4) is 22.8 Å². The van der Waals surface area contributed by atoms with Crippen LogP contribution in [-0.4, -0.2) is 43.1 Å². The zero-order valence-electron chi connectivity index (χ0n) is 23.9. The van der Waals surface area contributed by atoms with Gasteiger partial charge in [0, 0.05) is 11.6 Å². The van der Waals surface area contributed by atoms with Gasteiger partial charge in [-0.2, -0.15) is 4.99 Å². The standard InChI is InChI=1S/C30H28F3N7O2S2/c1-4-20-7-5-6-18(2)26(20)40-25(41)16-44-29(40)35-28(43)37-36-19(3)21-8-10-22(11-9-21)27-34-17-39(38-27)23-12-14-24(15-13-23)42-30(31,32)33/h5-15,17,19,36H,4,16H2,1-3H3,(H,37,43)/b35-29-. The number of halogens is 3. The predicted molar refractivity (Wildman–Crippen MR) is 169 cm³/mol. The van der Waals surface area contributed by atoms with Crippen LogP contribution >= 0.6 is 24.0 Å². The second-order valence-corrected chi connectivity index (χ2v) is 11.2. The van der Waals surface area contributed by atoms with Gasteiger partial charge in [-0.25, -0.2) is 15.1 Å². The van der Waals surface area contributed by atoms with Crippen molar-refractivity contribution in [1.82, 2.24) is 25.6 Å². The molecule has 2 N–H and O–H groups in total. The lowest BCUT2D eigenvalue weighted by Gasteiger charge is -2.22. The number of hydrazine groups is 1. The van der Waals surface area contributed by atoms with Crippen LogP contribution in [0.4, 0.5) is 18.9 Å². The molecule has 3 aromatic carbocycles. The van der Waals surface area contributed by atoms with E-state index in [9.17, 15) is 18.0 Å². The van der Waals surface area contributed by atoms with Gasteiger partial charge in [0.25, 0.3) is 0 Å². The maximum Gasteiger partial charge on any atom is 0.573 e. The Bertz CT molecular complexity index is 1690. The van der Waals surface area contributed by atoms with E-state index in [4.69, 9.17) is 12.2 Å². The number of alkyl halides is 3. The maximum atomic E-state index is 12.8. The number of aromatic nitrogens is 3. The van der Waals surface area contributed by atoms with E-state index in [2.05, 4.69) is 37.6 Å². The molecule has 14 heteroatoms. The summed E-state index contributed by atoms with van der Waals surface area (Å²) in [5, 5.41) is 5.18. The van der Waals surface area contributed by atoms with Crippen molar-refractivity contribution in [2.45, 2.75) is 39.6 Å². The number of rotatable bonds is 8. The van der Waals surface area contributed by atoms with Gasteiger partial charge in [0.1, 0.15) is 12.1 Å². The molecule has 1 saturated heterocycles. The summed E-state index contributed by atoms with van der Waals surface area (Å²) in [4.78, 5) is 23.3. The van der Waals surface area contributed by atoms with E-state index in [1.54, 1.807) is 4.90 Å². The normalized spacial score (nSPS) is 15.1. The van der Waals surface area contributed by atoms with Crippen molar-refractivity contribution in [3.05, 3.63) is 89.7 Å². The SMILES string of the molecule is CCc1cccc(C)c1N1C(=O)CS/C1=N\C(=S)NNC(C)c1ccc(-c2ncn(-c3ccc(OC(F)(F)F)cc3)n2)cc1. The Labute approximate surface area is 261 Å². The number of aliphatic imine (C=N–C) groups is 1. The van der Waals surface area contributed by atoms with E-state index in [1.807, 2.05) is 56.3 Å². The Balaban J connectivity index is 1.20. The van der Waals surface area contributed by atoms with E-state index in [0.29, 0.717) is 22.4 Å². The number of thiocarbonyl (C=S) groups is 1. The second-order valence-electron chi connectivity index (χ2n) is 9.82. The quantitative estimate of drug-likeness (QED) is 0.172. The number of ether oxygens (including phenoxy) is 1. The summed E-state index contributed by atoms with van der Waals surface area (Å²) in [6.07, 6.45) is -2.48. The van der Waals surface area contributed by atoms with E-state index in [-0.39, 0.29) is 22.8 Å². The molecule has 4 aromatic rings. The van der Waals surface area contributed by atoms with E-state index in [0.717, 1.165) is 34.4 Å². The van der Waals surface area contributed by atoms with Gasteiger partial charge in [0.15, 0.2) is 11.0 Å². The highest BCUT2D eigenvalue weighted by Crippen LogP contribution is 2.33. The minimum Gasteiger partial charge on any atom is -0.406 e. The highest BCUT2D eigenvalue weighted by atomic mass is 32.2. The molecule has 0 saturated carbocycles. The van der Waals surface area contributed by atoms with Crippen molar-refractivity contribution in [2.75, 3.05) is 10.7 Å². The summed E-state index contributed by atoms with van der Waals surface area (Å²) < 4.78 is 42.6. The van der Waals surface area contributed by atoms with Crippen LogP contribution < -0.4 is 20.5 Å². The third-order valence-electron chi connectivity index (χ3n) is 6.78. The molecule has 0 spiro atoms. The van der Waals surface area contributed by atoms with Crippen molar-refractivity contribution in [1.29, 1.82) is 0 Å². The number of anilines is 1. The van der Waals surface area contributed by atoms with Crippen LogP contribution in [0, 0.1) is 6.92 Å². The van der Waals surface area contributed by atoms with Crippen LogP contribution in [-0.2, 0) is 11.2 Å². The number of benzene rings is 3. The Morgan fingerprint density at radius 1 is 1.14 bits per heavy atom. The summed E-state index contributed by atoms with van der Waals surface area (Å²) in [5.41, 5.74) is 11.3. The van der Waals surface area contributed by atoms with E-state index < -0.39 is 6.36 Å². The molecule has 0 radical (unpaired) electrons. The van der Waals surface area contributed by atoms with Crippen LogP contribution in [0.15, 0.2) is 78.0 Å². The lowest BCUT2D eigenvalue weighted by molar-refractivity contribution is -0.274. The topological polar surface area (TPSA) is 96.7 Å². The van der Waals surface area contributed by atoms with Crippen molar-refractivity contribution < 1.29 is 22.7 Å². The number of para-hydroxylation sites is 1. The Morgan fingerprint density at radius 3 is 2.55 bits per heavy atom. The summed E-state index contributed by atoms with van der Waals surface area (Å²) >= 11 is 6.82. The molecule has 1 unspecified atom stereocenters. The van der Waals surface area contributed by atoms with Gasteiger partial charge in [-0.05, 0) is 73.4 Å². The number of carbonyl (C=O) groups is 1. The summed E-state index contributed by atoms with van der Waals surface area (Å²) in [6, 6.07) is 18.8. The zero-order chi connectivity index (χ0) is 31.4. The number of thioether (sulfide) groups is 1. The first kappa shape index (κ1) is 31.2. The number of amidine groups is 1. The molecule has 228 valence electrons. The highest BCUT2D eigenvalue weighted by Gasteiger charge is 2.32. The molecule has 9 nitrogen and oxygen atoms in total. The fraction of sp³-hybridized carbons (Fsp3) is 0.233. The van der Waals surface area contributed by atoms with Gasteiger partial charge in [0.05, 0.1) is 17.1 Å². The predicted octanol–water partition coefficient (Wildman–Crippen LogP) is 6.28. The minimum atomic E-state index is -4.75. The summed E-state index contributed by atoms with van der Waals surface area (Å²) in [7, 11) is 0. The van der Waals surface area contributed by atoms with Gasteiger partial charge in [-0.3, -0.25) is 15.1 Å². The Hall–Kier alpha value is -4.27. The van der Waals surface area contributed by atoms with Gasteiger partial charge >= 0.3 is 6.36 Å². The van der Waals surface area contributed by atoms with Gasteiger partial charge in [-0.15, -0.1) is 18.3 Å². The fourth-order valence-electron chi connectivity index (χ4n) is 4.60. The fourth-order valence-corrected chi connectivity index (χ4v) is 5.66. The number of aryl methyl sites for hydroxylation is 2. The maximum absolute atomic E-state index is 12.8. The van der Waals surface area contributed by atoms with Crippen molar-refractivity contribution >= 4 is 45.9 Å². The first-order chi connectivity index (χ1) is 21.0. The minimum absolute atomic E-state index is 0.0327. The molecule has 1 fully saturated rings.